The summed E-state index contributed by atoms with van der Waals surface area (Å²) in [7, 11) is 5.88. The molecule has 3 aromatic rings. The molecule has 1 saturated heterocycles. The molecular formula is C27H37N7O. The van der Waals surface area contributed by atoms with Crippen LogP contribution in [0.5, 0.6) is 0 Å². The second-order valence-electron chi connectivity index (χ2n) is 10.4. The fraction of sp³-hybridized carbons (Fsp3) is 0.444. The number of nitrogens with zero attached hydrogens (tertiary/aromatic N) is 6. The number of piperazine rings is 1. The number of imidazole rings is 1. The van der Waals surface area contributed by atoms with Crippen molar-refractivity contribution in [3.05, 3.63) is 54.6 Å². The van der Waals surface area contributed by atoms with Gasteiger partial charge in [0, 0.05) is 77.5 Å². The molecule has 8 nitrogen and oxygen atoms in total. The maximum atomic E-state index is 12.7. The molecule has 0 radical (unpaired) electrons. The van der Waals surface area contributed by atoms with Crippen LogP contribution >= 0.6 is 0 Å². The van der Waals surface area contributed by atoms with E-state index in [1.54, 1.807) is 17.0 Å². The number of hydrogen-bond donors (Lipinski definition) is 1. The van der Waals surface area contributed by atoms with Gasteiger partial charge in [-0.3, -0.25) is 4.79 Å². The molecule has 1 aliphatic heterocycles. The van der Waals surface area contributed by atoms with Crippen LogP contribution in [-0.2, 0) is 7.05 Å². The molecule has 0 aliphatic carbocycles. The summed E-state index contributed by atoms with van der Waals surface area (Å²) < 4.78 is 1.77. The highest BCUT2D eigenvalue weighted by molar-refractivity contribution is 5.91. The summed E-state index contributed by atoms with van der Waals surface area (Å²) in [6.45, 7) is 10.6. The number of aryl methyl sites for hydroxylation is 1. The van der Waals surface area contributed by atoms with Gasteiger partial charge in [-0.25, -0.2) is 9.97 Å². The van der Waals surface area contributed by atoms with Crippen molar-refractivity contribution in [2.45, 2.75) is 20.8 Å². The Labute approximate surface area is 208 Å². The molecule has 1 aromatic carbocycles. The van der Waals surface area contributed by atoms with Crippen molar-refractivity contribution in [3.8, 4) is 11.3 Å². The number of carbonyl (C=O) groups is 1. The maximum Gasteiger partial charge on any atom is 0.289 e. The zero-order valence-electron chi connectivity index (χ0n) is 21.7. The molecule has 1 aliphatic rings. The van der Waals surface area contributed by atoms with Crippen molar-refractivity contribution in [2.75, 3.05) is 61.9 Å². The van der Waals surface area contributed by atoms with Gasteiger partial charge in [0.05, 0.1) is 11.4 Å². The first-order chi connectivity index (χ1) is 16.7. The van der Waals surface area contributed by atoms with Crippen molar-refractivity contribution in [1.29, 1.82) is 0 Å². The van der Waals surface area contributed by atoms with E-state index in [1.807, 2.05) is 19.0 Å². The Morgan fingerprint density at radius 2 is 1.74 bits per heavy atom. The first-order valence-electron chi connectivity index (χ1n) is 12.2. The number of rotatable bonds is 6. The molecule has 4 rings (SSSR count). The van der Waals surface area contributed by atoms with Crippen molar-refractivity contribution in [1.82, 2.24) is 19.4 Å². The average Bonchev–Trinajstić information content (AvgIpc) is 3.28. The molecule has 2 aromatic heterocycles. The molecule has 1 N–H and O–H groups in total. The van der Waals surface area contributed by atoms with E-state index in [0.29, 0.717) is 18.9 Å². The zero-order valence-corrected chi connectivity index (χ0v) is 21.7. The van der Waals surface area contributed by atoms with Gasteiger partial charge in [0.1, 0.15) is 5.82 Å². The SMILES string of the molecule is CNc1nc(-c2ccc(N3CCN(C(=O)c4nccn4C)CC3)cc2)ccc1N(C)CC(C)(C)C. The van der Waals surface area contributed by atoms with E-state index in [2.05, 4.69) is 84.3 Å². The van der Waals surface area contributed by atoms with Gasteiger partial charge in [0.15, 0.2) is 5.82 Å². The molecule has 3 heterocycles. The van der Waals surface area contributed by atoms with Gasteiger partial charge in [-0.2, -0.15) is 0 Å². The standard InChI is InChI=1S/C27H37N7O/c1-27(2,3)19-32(6)23-12-11-22(30-24(23)28-4)20-7-9-21(10-8-20)33-15-17-34(18-16-33)26(35)25-29-13-14-31(25)5/h7-14H,15-19H2,1-6H3,(H,28,30). The number of amides is 1. The van der Waals surface area contributed by atoms with Crippen LogP contribution in [0, 0.1) is 5.41 Å². The highest BCUT2D eigenvalue weighted by Crippen LogP contribution is 2.30. The summed E-state index contributed by atoms with van der Waals surface area (Å²) >= 11 is 0. The molecule has 35 heavy (non-hydrogen) atoms. The minimum atomic E-state index is -0.00416. The Bertz CT molecular complexity index is 1160. The van der Waals surface area contributed by atoms with E-state index in [1.165, 1.54) is 0 Å². The van der Waals surface area contributed by atoms with Gasteiger partial charge < -0.3 is 24.6 Å². The van der Waals surface area contributed by atoms with Crippen molar-refractivity contribution >= 4 is 23.1 Å². The fourth-order valence-electron chi connectivity index (χ4n) is 4.63. The molecule has 186 valence electrons. The fourth-order valence-corrected chi connectivity index (χ4v) is 4.63. The molecule has 0 atom stereocenters. The van der Waals surface area contributed by atoms with Crippen molar-refractivity contribution < 1.29 is 4.79 Å². The van der Waals surface area contributed by atoms with E-state index in [9.17, 15) is 4.79 Å². The highest BCUT2D eigenvalue weighted by Gasteiger charge is 2.24. The lowest BCUT2D eigenvalue weighted by Gasteiger charge is -2.36. The van der Waals surface area contributed by atoms with Gasteiger partial charge in [0.2, 0.25) is 0 Å². The third-order valence-corrected chi connectivity index (χ3v) is 6.34. The van der Waals surface area contributed by atoms with Gasteiger partial charge in [-0.15, -0.1) is 0 Å². The van der Waals surface area contributed by atoms with Crippen LogP contribution in [0.25, 0.3) is 11.3 Å². The number of aromatic nitrogens is 3. The summed E-state index contributed by atoms with van der Waals surface area (Å²) in [4.78, 5) is 28.3. The molecule has 1 amide bonds. The molecule has 0 saturated carbocycles. The number of nitrogens with one attached hydrogen (secondary N) is 1. The Hall–Kier alpha value is -3.55. The molecule has 0 unspecified atom stereocenters. The van der Waals surface area contributed by atoms with Crippen molar-refractivity contribution in [3.63, 3.8) is 0 Å². The summed E-state index contributed by atoms with van der Waals surface area (Å²) in [5, 5.41) is 3.26. The number of benzene rings is 1. The van der Waals surface area contributed by atoms with E-state index in [-0.39, 0.29) is 11.3 Å². The molecular weight excluding hydrogens is 438 g/mol. The molecule has 8 heteroatoms. The molecule has 0 bridgehead atoms. The Morgan fingerprint density at radius 3 is 2.31 bits per heavy atom. The number of hydrogen-bond acceptors (Lipinski definition) is 6. The predicted molar refractivity (Wildman–Crippen MR) is 143 cm³/mol. The molecule has 1 fully saturated rings. The third kappa shape index (κ3) is 5.58. The number of anilines is 3. The Morgan fingerprint density at radius 1 is 1.06 bits per heavy atom. The largest absolute Gasteiger partial charge is 0.371 e. The van der Waals surface area contributed by atoms with Crippen LogP contribution in [0.1, 0.15) is 31.4 Å². The van der Waals surface area contributed by atoms with Gasteiger partial charge in [-0.1, -0.05) is 32.9 Å². The zero-order chi connectivity index (χ0) is 25.2. The average molecular weight is 476 g/mol. The smallest absolute Gasteiger partial charge is 0.289 e. The summed E-state index contributed by atoms with van der Waals surface area (Å²) in [6, 6.07) is 12.8. The van der Waals surface area contributed by atoms with E-state index in [0.717, 1.165) is 48.1 Å². The minimum Gasteiger partial charge on any atom is -0.371 e. The van der Waals surface area contributed by atoms with Crippen LogP contribution in [0.3, 0.4) is 0 Å². The number of pyridine rings is 1. The van der Waals surface area contributed by atoms with E-state index >= 15 is 0 Å². The summed E-state index contributed by atoms with van der Waals surface area (Å²) in [5.41, 5.74) is 4.48. The lowest BCUT2D eigenvalue weighted by atomic mass is 9.96. The normalized spacial score (nSPS) is 14.2. The highest BCUT2D eigenvalue weighted by atomic mass is 16.2. The second-order valence-corrected chi connectivity index (χ2v) is 10.4. The van der Waals surface area contributed by atoms with Crippen LogP contribution < -0.4 is 15.1 Å². The Balaban J connectivity index is 1.42. The first kappa shape index (κ1) is 24.6. The van der Waals surface area contributed by atoms with Crippen LogP contribution in [0.2, 0.25) is 0 Å². The summed E-state index contributed by atoms with van der Waals surface area (Å²) in [6.07, 6.45) is 3.47. The lowest BCUT2D eigenvalue weighted by molar-refractivity contribution is 0.0731. The number of carbonyl (C=O) groups excluding carboxylic acids is 1. The van der Waals surface area contributed by atoms with Gasteiger partial charge >= 0.3 is 0 Å². The Kier molecular flexibility index (Phi) is 7.00. The first-order valence-corrected chi connectivity index (χ1v) is 12.2. The quantitative estimate of drug-likeness (QED) is 0.582. The van der Waals surface area contributed by atoms with Crippen molar-refractivity contribution in [2.24, 2.45) is 12.5 Å². The minimum absolute atomic E-state index is 0.00416. The van der Waals surface area contributed by atoms with Crippen LogP contribution in [-0.4, -0.2) is 72.2 Å². The molecule has 0 spiro atoms. The predicted octanol–water partition coefficient (Wildman–Crippen LogP) is 3.97. The second kappa shape index (κ2) is 9.98. The van der Waals surface area contributed by atoms with Crippen LogP contribution in [0.4, 0.5) is 17.2 Å². The monoisotopic (exact) mass is 475 g/mol. The van der Waals surface area contributed by atoms with Gasteiger partial charge in [-0.05, 0) is 29.7 Å². The van der Waals surface area contributed by atoms with E-state index < -0.39 is 0 Å². The van der Waals surface area contributed by atoms with Crippen LogP contribution in [0.15, 0.2) is 48.8 Å². The lowest BCUT2D eigenvalue weighted by Crippen LogP contribution is -2.49. The summed E-state index contributed by atoms with van der Waals surface area (Å²) in [5.74, 6) is 1.37. The third-order valence-electron chi connectivity index (χ3n) is 6.34. The maximum absolute atomic E-state index is 12.7. The van der Waals surface area contributed by atoms with Gasteiger partial charge in [0.25, 0.3) is 5.91 Å². The van der Waals surface area contributed by atoms with E-state index in [4.69, 9.17) is 4.98 Å². The topological polar surface area (TPSA) is 69.5 Å².